The Balaban J connectivity index is 1.67. The zero-order chi connectivity index (χ0) is 21.7. The zero-order valence-electron chi connectivity index (χ0n) is 16.5. The highest BCUT2D eigenvalue weighted by molar-refractivity contribution is 8.18. The summed E-state index contributed by atoms with van der Waals surface area (Å²) < 4.78 is 5.18. The van der Waals surface area contributed by atoms with E-state index >= 15 is 0 Å². The second-order valence-corrected chi connectivity index (χ2v) is 7.64. The average Bonchev–Trinajstić information content (AvgIpc) is 2.97. The Morgan fingerprint density at radius 1 is 1.20 bits per heavy atom. The molecular weight excluding hydrogens is 402 g/mol. The van der Waals surface area contributed by atoms with Crippen LogP contribution in [0.25, 0.3) is 6.08 Å². The molecular formula is C22H19N3O4S. The van der Waals surface area contributed by atoms with Crippen molar-refractivity contribution in [2.24, 2.45) is 0 Å². The third-order valence-electron chi connectivity index (χ3n) is 4.32. The smallest absolute Gasteiger partial charge is 0.294 e. The van der Waals surface area contributed by atoms with Gasteiger partial charge in [-0.1, -0.05) is 24.3 Å². The van der Waals surface area contributed by atoms with Crippen molar-refractivity contribution in [3.05, 3.63) is 64.1 Å². The van der Waals surface area contributed by atoms with Crippen LogP contribution in [-0.4, -0.2) is 35.1 Å². The predicted molar refractivity (Wildman–Crippen MR) is 115 cm³/mol. The number of nitrogens with zero attached hydrogens (tertiary/aromatic N) is 2. The van der Waals surface area contributed by atoms with Crippen molar-refractivity contribution in [3.8, 4) is 11.8 Å². The molecule has 1 N–H and O–H groups in total. The summed E-state index contributed by atoms with van der Waals surface area (Å²) in [5.74, 6) is -0.415. The van der Waals surface area contributed by atoms with Crippen LogP contribution in [0.3, 0.4) is 0 Å². The van der Waals surface area contributed by atoms with Crippen LogP contribution in [-0.2, 0) is 9.59 Å². The van der Waals surface area contributed by atoms with E-state index < -0.39 is 17.1 Å². The maximum absolute atomic E-state index is 12.6. The summed E-state index contributed by atoms with van der Waals surface area (Å²) in [4.78, 5) is 38.4. The van der Waals surface area contributed by atoms with Gasteiger partial charge in [-0.15, -0.1) is 0 Å². The van der Waals surface area contributed by atoms with Crippen LogP contribution in [0, 0.1) is 25.2 Å². The minimum absolute atomic E-state index is 0.0532. The number of nitriles is 1. The quantitative estimate of drug-likeness (QED) is 0.711. The molecule has 0 aliphatic carbocycles. The normalized spacial score (nSPS) is 14.7. The third-order valence-corrected chi connectivity index (χ3v) is 5.23. The van der Waals surface area contributed by atoms with Crippen LogP contribution >= 0.6 is 11.8 Å². The lowest BCUT2D eigenvalue weighted by molar-refractivity contribution is -0.127. The largest absolute Gasteiger partial charge is 0.479 e. The Morgan fingerprint density at radius 2 is 1.93 bits per heavy atom. The number of hydrogen-bond donors (Lipinski definition) is 1. The van der Waals surface area contributed by atoms with Gasteiger partial charge in [0, 0.05) is 5.69 Å². The second-order valence-electron chi connectivity index (χ2n) is 6.65. The standard InChI is InChI=1S/C22H19N3O4S/c1-14-3-4-15(2)18(11-14)24-20(26)13-25-21(27)19(30-22(25)28)12-16-5-7-17(8-6-16)29-10-9-23/h3-8,11-12H,10,13H2,1-2H3,(H,24,26)/b19-12-. The van der Waals surface area contributed by atoms with Gasteiger partial charge < -0.3 is 10.1 Å². The van der Waals surface area contributed by atoms with Gasteiger partial charge in [0.2, 0.25) is 5.91 Å². The van der Waals surface area contributed by atoms with E-state index in [-0.39, 0.29) is 18.1 Å². The van der Waals surface area contributed by atoms with Crippen molar-refractivity contribution in [2.75, 3.05) is 18.5 Å². The predicted octanol–water partition coefficient (Wildman–Crippen LogP) is 3.88. The third kappa shape index (κ3) is 5.07. The maximum Gasteiger partial charge on any atom is 0.294 e. The Bertz CT molecular complexity index is 1070. The number of amides is 3. The van der Waals surface area contributed by atoms with E-state index in [1.165, 1.54) is 0 Å². The molecule has 0 radical (unpaired) electrons. The fraction of sp³-hybridized carbons (Fsp3) is 0.182. The van der Waals surface area contributed by atoms with Crippen LogP contribution < -0.4 is 10.1 Å². The number of benzene rings is 2. The molecule has 0 spiro atoms. The Morgan fingerprint density at radius 3 is 2.63 bits per heavy atom. The van der Waals surface area contributed by atoms with Crippen molar-refractivity contribution >= 4 is 40.6 Å². The van der Waals surface area contributed by atoms with Crippen molar-refractivity contribution in [1.82, 2.24) is 4.90 Å². The minimum Gasteiger partial charge on any atom is -0.479 e. The number of carbonyl (C=O) groups excluding carboxylic acids is 3. The summed E-state index contributed by atoms with van der Waals surface area (Å²) in [5.41, 5.74) is 3.24. The van der Waals surface area contributed by atoms with Crippen LogP contribution in [0.2, 0.25) is 0 Å². The molecule has 0 unspecified atom stereocenters. The van der Waals surface area contributed by atoms with Gasteiger partial charge in [0.1, 0.15) is 18.4 Å². The first kappa shape index (κ1) is 21.1. The molecule has 3 amide bonds. The van der Waals surface area contributed by atoms with Crippen molar-refractivity contribution in [2.45, 2.75) is 13.8 Å². The molecule has 0 aromatic heterocycles. The molecule has 30 heavy (non-hydrogen) atoms. The summed E-state index contributed by atoms with van der Waals surface area (Å²) >= 11 is 0.793. The number of ether oxygens (including phenoxy) is 1. The van der Waals surface area contributed by atoms with E-state index in [9.17, 15) is 14.4 Å². The number of aryl methyl sites for hydroxylation is 2. The van der Waals surface area contributed by atoms with Crippen molar-refractivity contribution < 1.29 is 19.1 Å². The Kier molecular flexibility index (Phi) is 6.54. The SMILES string of the molecule is Cc1ccc(C)c(NC(=O)CN2C(=O)S/C(=C\c3ccc(OCC#N)cc3)C2=O)c1. The molecule has 1 saturated heterocycles. The Hall–Kier alpha value is -3.57. The summed E-state index contributed by atoms with van der Waals surface area (Å²) in [6.45, 7) is 3.38. The summed E-state index contributed by atoms with van der Waals surface area (Å²) in [5, 5.41) is 10.8. The van der Waals surface area contributed by atoms with Crippen LogP contribution in [0.5, 0.6) is 5.75 Å². The maximum atomic E-state index is 12.6. The topological polar surface area (TPSA) is 99.5 Å². The lowest BCUT2D eigenvalue weighted by Gasteiger charge is -2.14. The molecule has 0 bridgehead atoms. The average molecular weight is 421 g/mol. The van der Waals surface area contributed by atoms with Gasteiger partial charge in [0.15, 0.2) is 6.61 Å². The Labute approximate surface area is 178 Å². The van der Waals surface area contributed by atoms with E-state index in [1.54, 1.807) is 30.3 Å². The zero-order valence-corrected chi connectivity index (χ0v) is 17.3. The van der Waals surface area contributed by atoms with Gasteiger partial charge in [0.25, 0.3) is 11.1 Å². The molecule has 152 valence electrons. The summed E-state index contributed by atoms with van der Waals surface area (Å²) in [6, 6.07) is 14.3. The van der Waals surface area contributed by atoms with E-state index in [0.29, 0.717) is 17.0 Å². The number of anilines is 1. The van der Waals surface area contributed by atoms with E-state index in [0.717, 1.165) is 27.8 Å². The first-order chi connectivity index (χ1) is 14.4. The van der Waals surface area contributed by atoms with Gasteiger partial charge in [-0.05, 0) is 66.6 Å². The fourth-order valence-corrected chi connectivity index (χ4v) is 3.61. The lowest BCUT2D eigenvalue weighted by Crippen LogP contribution is -2.36. The fourth-order valence-electron chi connectivity index (χ4n) is 2.77. The molecule has 7 nitrogen and oxygen atoms in total. The summed E-state index contributed by atoms with van der Waals surface area (Å²) in [6.07, 6.45) is 1.58. The molecule has 3 rings (SSSR count). The van der Waals surface area contributed by atoms with Gasteiger partial charge >= 0.3 is 0 Å². The molecule has 1 fully saturated rings. The first-order valence-corrected chi connectivity index (χ1v) is 9.91. The molecule has 0 atom stereocenters. The van der Waals surface area contributed by atoms with Gasteiger partial charge in [-0.25, -0.2) is 0 Å². The highest BCUT2D eigenvalue weighted by Gasteiger charge is 2.36. The first-order valence-electron chi connectivity index (χ1n) is 9.09. The number of nitrogens with one attached hydrogen (secondary N) is 1. The number of carbonyl (C=O) groups is 3. The molecule has 1 aliphatic heterocycles. The number of imide groups is 1. The lowest BCUT2D eigenvalue weighted by atomic mass is 10.1. The van der Waals surface area contributed by atoms with Crippen LogP contribution in [0.1, 0.15) is 16.7 Å². The molecule has 2 aromatic carbocycles. The minimum atomic E-state index is -0.508. The highest BCUT2D eigenvalue weighted by atomic mass is 32.2. The van der Waals surface area contributed by atoms with Crippen molar-refractivity contribution in [1.29, 1.82) is 5.26 Å². The molecule has 1 heterocycles. The molecule has 8 heteroatoms. The second kappa shape index (κ2) is 9.29. The number of thioether (sulfide) groups is 1. The van der Waals surface area contributed by atoms with Crippen LogP contribution in [0.4, 0.5) is 10.5 Å². The van der Waals surface area contributed by atoms with E-state index in [1.807, 2.05) is 38.1 Å². The molecule has 0 saturated carbocycles. The van der Waals surface area contributed by atoms with E-state index in [4.69, 9.17) is 10.00 Å². The summed E-state index contributed by atoms with van der Waals surface area (Å²) in [7, 11) is 0. The highest BCUT2D eigenvalue weighted by Crippen LogP contribution is 2.32. The molecule has 2 aromatic rings. The number of rotatable bonds is 6. The van der Waals surface area contributed by atoms with Gasteiger partial charge in [0.05, 0.1) is 4.91 Å². The van der Waals surface area contributed by atoms with Gasteiger partial charge in [-0.2, -0.15) is 5.26 Å². The number of hydrogen-bond acceptors (Lipinski definition) is 6. The monoisotopic (exact) mass is 421 g/mol. The van der Waals surface area contributed by atoms with Crippen molar-refractivity contribution in [3.63, 3.8) is 0 Å². The van der Waals surface area contributed by atoms with Crippen LogP contribution in [0.15, 0.2) is 47.4 Å². The molecule has 1 aliphatic rings. The van der Waals surface area contributed by atoms with E-state index in [2.05, 4.69) is 5.32 Å². The van der Waals surface area contributed by atoms with Gasteiger partial charge in [-0.3, -0.25) is 19.3 Å².